The Hall–Kier alpha value is -1.55. The van der Waals surface area contributed by atoms with Crippen LogP contribution in [0.3, 0.4) is 0 Å². The predicted octanol–water partition coefficient (Wildman–Crippen LogP) is 1.95. The lowest BCUT2D eigenvalue weighted by atomic mass is 10.2. The maximum Gasteiger partial charge on any atom is 0.371 e. The molecular formula is C11H15NO3. The van der Waals surface area contributed by atoms with Gasteiger partial charge in [-0.2, -0.15) is 0 Å². The van der Waals surface area contributed by atoms with Crippen molar-refractivity contribution in [2.45, 2.75) is 26.4 Å². The monoisotopic (exact) mass is 209 g/mol. The number of hydrogen-bond donors (Lipinski definition) is 2. The van der Waals surface area contributed by atoms with Crippen LogP contribution in [0.25, 0.3) is 0 Å². The van der Waals surface area contributed by atoms with E-state index in [4.69, 9.17) is 9.52 Å². The normalized spacial score (nSPS) is 12.4. The van der Waals surface area contributed by atoms with E-state index in [1.807, 2.05) is 6.92 Å². The molecule has 0 bridgehead atoms. The summed E-state index contributed by atoms with van der Waals surface area (Å²) in [5.74, 6) is -0.423. The summed E-state index contributed by atoms with van der Waals surface area (Å²) < 4.78 is 5.08. The van der Waals surface area contributed by atoms with Crippen molar-refractivity contribution in [2.24, 2.45) is 0 Å². The highest BCUT2D eigenvalue weighted by Crippen LogP contribution is 2.14. The summed E-state index contributed by atoms with van der Waals surface area (Å²) in [6, 6.07) is 1.73. The highest BCUT2D eigenvalue weighted by molar-refractivity contribution is 5.84. The van der Waals surface area contributed by atoms with E-state index in [1.54, 1.807) is 19.1 Å². The average molecular weight is 209 g/mol. The number of carboxylic acid groups (broad SMARTS) is 1. The van der Waals surface area contributed by atoms with Crippen LogP contribution in [0.1, 0.15) is 28.8 Å². The number of carboxylic acids is 1. The zero-order valence-electron chi connectivity index (χ0n) is 8.91. The molecule has 1 atom stereocenters. The average Bonchev–Trinajstić information content (AvgIpc) is 2.56. The van der Waals surface area contributed by atoms with Gasteiger partial charge in [-0.15, -0.1) is 6.58 Å². The molecule has 0 aliphatic heterocycles. The van der Waals surface area contributed by atoms with Gasteiger partial charge in [0.15, 0.2) is 0 Å². The van der Waals surface area contributed by atoms with E-state index in [0.29, 0.717) is 12.3 Å². The Kier molecular flexibility index (Phi) is 3.68. The Morgan fingerprint density at radius 3 is 2.93 bits per heavy atom. The Labute approximate surface area is 88.6 Å². The lowest BCUT2D eigenvalue weighted by molar-refractivity contribution is 0.0661. The van der Waals surface area contributed by atoms with Crippen LogP contribution in [0, 0.1) is 6.92 Å². The topological polar surface area (TPSA) is 62.5 Å². The van der Waals surface area contributed by atoms with Crippen molar-refractivity contribution in [3.63, 3.8) is 0 Å². The third-order valence-corrected chi connectivity index (χ3v) is 2.20. The number of rotatable bonds is 5. The molecule has 0 fully saturated rings. The Bertz CT molecular complexity index is 368. The van der Waals surface area contributed by atoms with E-state index in [-0.39, 0.29) is 11.8 Å². The number of hydrogen-bond acceptors (Lipinski definition) is 3. The zero-order valence-corrected chi connectivity index (χ0v) is 8.91. The second-order valence-electron chi connectivity index (χ2n) is 3.40. The van der Waals surface area contributed by atoms with Crippen LogP contribution in [-0.4, -0.2) is 17.1 Å². The molecule has 0 saturated heterocycles. The molecule has 0 radical (unpaired) electrons. The van der Waals surface area contributed by atoms with Crippen LogP contribution >= 0.6 is 0 Å². The van der Waals surface area contributed by atoms with Crippen LogP contribution < -0.4 is 5.32 Å². The first-order valence-corrected chi connectivity index (χ1v) is 4.73. The molecule has 1 unspecified atom stereocenters. The molecule has 0 saturated carbocycles. The second kappa shape index (κ2) is 4.79. The second-order valence-corrected chi connectivity index (χ2v) is 3.40. The molecule has 1 aromatic heterocycles. The van der Waals surface area contributed by atoms with Gasteiger partial charge in [0.25, 0.3) is 0 Å². The van der Waals surface area contributed by atoms with E-state index in [0.717, 1.165) is 5.56 Å². The Morgan fingerprint density at radius 2 is 2.47 bits per heavy atom. The molecule has 2 N–H and O–H groups in total. The maximum absolute atomic E-state index is 10.6. The minimum atomic E-state index is -1.04. The van der Waals surface area contributed by atoms with Gasteiger partial charge in [0.05, 0.1) is 0 Å². The molecule has 1 aromatic rings. The summed E-state index contributed by atoms with van der Waals surface area (Å²) in [7, 11) is 0. The summed E-state index contributed by atoms with van der Waals surface area (Å²) in [5.41, 5.74) is 0.862. The molecule has 1 heterocycles. The number of aromatic carboxylic acids is 1. The smallest absolute Gasteiger partial charge is 0.371 e. The molecule has 1 rings (SSSR count). The molecule has 82 valence electrons. The maximum atomic E-state index is 10.6. The largest absolute Gasteiger partial charge is 0.475 e. The SMILES string of the molecule is C=CC(C)NCc1cc(C(=O)O)oc1C. The molecule has 0 aliphatic carbocycles. The minimum Gasteiger partial charge on any atom is -0.475 e. The summed E-state index contributed by atoms with van der Waals surface area (Å²) in [5, 5.41) is 11.9. The molecule has 0 aliphatic rings. The van der Waals surface area contributed by atoms with E-state index in [1.165, 1.54) is 0 Å². The van der Waals surface area contributed by atoms with Crippen LogP contribution in [0.2, 0.25) is 0 Å². The number of furan rings is 1. The van der Waals surface area contributed by atoms with Crippen LogP contribution in [0.4, 0.5) is 0 Å². The van der Waals surface area contributed by atoms with Crippen molar-refractivity contribution in [1.82, 2.24) is 5.32 Å². The van der Waals surface area contributed by atoms with Gasteiger partial charge in [0.1, 0.15) is 5.76 Å². The minimum absolute atomic E-state index is 0.0180. The van der Waals surface area contributed by atoms with Gasteiger partial charge >= 0.3 is 5.97 Å². The van der Waals surface area contributed by atoms with Gasteiger partial charge in [-0.1, -0.05) is 6.08 Å². The highest BCUT2D eigenvalue weighted by atomic mass is 16.4. The first-order valence-electron chi connectivity index (χ1n) is 4.73. The lowest BCUT2D eigenvalue weighted by Crippen LogP contribution is -2.22. The van der Waals surface area contributed by atoms with E-state index in [2.05, 4.69) is 11.9 Å². The van der Waals surface area contributed by atoms with Crippen molar-refractivity contribution in [1.29, 1.82) is 0 Å². The number of aryl methyl sites for hydroxylation is 1. The van der Waals surface area contributed by atoms with Gasteiger partial charge in [-0.3, -0.25) is 0 Å². The van der Waals surface area contributed by atoms with Crippen molar-refractivity contribution in [2.75, 3.05) is 0 Å². The Balaban J connectivity index is 2.69. The fraction of sp³-hybridized carbons (Fsp3) is 0.364. The standard InChI is InChI=1S/C11H15NO3/c1-4-7(2)12-6-9-5-10(11(13)14)15-8(9)3/h4-5,7,12H,1,6H2,2-3H3,(H,13,14). The molecule has 0 aromatic carbocycles. The van der Waals surface area contributed by atoms with Crippen molar-refractivity contribution in [3.05, 3.63) is 35.8 Å². The molecule has 4 nitrogen and oxygen atoms in total. The van der Waals surface area contributed by atoms with Crippen molar-refractivity contribution in [3.8, 4) is 0 Å². The van der Waals surface area contributed by atoms with E-state index in [9.17, 15) is 4.79 Å². The molecular weight excluding hydrogens is 194 g/mol. The summed E-state index contributed by atoms with van der Waals surface area (Å²) in [4.78, 5) is 10.6. The third-order valence-electron chi connectivity index (χ3n) is 2.20. The summed E-state index contributed by atoms with van der Waals surface area (Å²) in [6.07, 6.45) is 1.79. The van der Waals surface area contributed by atoms with E-state index >= 15 is 0 Å². The zero-order chi connectivity index (χ0) is 11.4. The fourth-order valence-electron chi connectivity index (χ4n) is 1.15. The lowest BCUT2D eigenvalue weighted by Gasteiger charge is -2.07. The van der Waals surface area contributed by atoms with Crippen LogP contribution in [-0.2, 0) is 6.54 Å². The van der Waals surface area contributed by atoms with Gasteiger partial charge in [0, 0.05) is 18.2 Å². The third kappa shape index (κ3) is 2.95. The predicted molar refractivity (Wildman–Crippen MR) is 56.9 cm³/mol. The van der Waals surface area contributed by atoms with Crippen molar-refractivity contribution < 1.29 is 14.3 Å². The van der Waals surface area contributed by atoms with Crippen molar-refractivity contribution >= 4 is 5.97 Å². The van der Waals surface area contributed by atoms with E-state index < -0.39 is 5.97 Å². The van der Waals surface area contributed by atoms with Gasteiger partial charge < -0.3 is 14.8 Å². The van der Waals surface area contributed by atoms with Crippen LogP contribution in [0.5, 0.6) is 0 Å². The van der Waals surface area contributed by atoms with Gasteiger partial charge in [-0.05, 0) is 19.9 Å². The quantitative estimate of drug-likeness (QED) is 0.727. The first kappa shape index (κ1) is 11.5. The highest BCUT2D eigenvalue weighted by Gasteiger charge is 2.12. The first-order chi connectivity index (χ1) is 7.04. The fourth-order valence-corrected chi connectivity index (χ4v) is 1.15. The molecule has 15 heavy (non-hydrogen) atoms. The molecule has 0 amide bonds. The number of carbonyl (C=O) groups is 1. The summed E-state index contributed by atoms with van der Waals surface area (Å²) in [6.45, 7) is 7.95. The van der Waals surface area contributed by atoms with Crippen LogP contribution in [0.15, 0.2) is 23.1 Å². The summed E-state index contributed by atoms with van der Waals surface area (Å²) >= 11 is 0. The number of nitrogens with one attached hydrogen (secondary N) is 1. The molecule has 4 heteroatoms. The van der Waals surface area contributed by atoms with Gasteiger partial charge in [0.2, 0.25) is 5.76 Å². The van der Waals surface area contributed by atoms with Gasteiger partial charge in [-0.25, -0.2) is 4.79 Å². The molecule has 0 spiro atoms. The Morgan fingerprint density at radius 1 is 1.80 bits per heavy atom.